The second kappa shape index (κ2) is 7.53. The van der Waals surface area contributed by atoms with Crippen LogP contribution in [0.1, 0.15) is 33.6 Å². The molecule has 3 nitrogen and oxygen atoms in total. The highest BCUT2D eigenvalue weighted by molar-refractivity contribution is 5.48. The third-order valence-electron chi connectivity index (χ3n) is 3.73. The first-order valence-electron chi connectivity index (χ1n) is 7.89. The number of piperidine rings is 1. The first-order chi connectivity index (χ1) is 9.67. The van der Waals surface area contributed by atoms with E-state index in [4.69, 9.17) is 4.74 Å². The molecule has 1 aliphatic rings. The average Bonchev–Trinajstić information content (AvgIpc) is 2.41. The lowest BCUT2D eigenvalue weighted by atomic mass is 10.0. The van der Waals surface area contributed by atoms with Crippen LogP contribution >= 0.6 is 0 Å². The molecule has 2 rings (SSSR count). The fraction of sp³-hybridized carbons (Fsp3) is 0.647. The highest BCUT2D eigenvalue weighted by Gasteiger charge is 2.19. The molecule has 0 bridgehead atoms. The molecule has 0 unspecified atom stereocenters. The van der Waals surface area contributed by atoms with Crippen molar-refractivity contribution in [1.82, 2.24) is 4.90 Å². The second-order valence-corrected chi connectivity index (χ2v) is 6.07. The van der Waals surface area contributed by atoms with Crippen LogP contribution in [0.15, 0.2) is 24.3 Å². The van der Waals surface area contributed by atoms with Crippen molar-refractivity contribution in [2.75, 3.05) is 31.6 Å². The molecule has 0 aliphatic carbocycles. The van der Waals surface area contributed by atoms with Crippen LogP contribution in [0.3, 0.4) is 0 Å². The molecule has 0 spiro atoms. The minimum Gasteiger partial charge on any atom is -0.494 e. The smallest absolute Gasteiger partial charge is 0.121 e. The van der Waals surface area contributed by atoms with Crippen molar-refractivity contribution in [2.45, 2.75) is 39.7 Å². The maximum Gasteiger partial charge on any atom is 0.121 e. The monoisotopic (exact) mass is 276 g/mol. The number of nitrogens with zero attached hydrogens (tertiary/aromatic N) is 1. The van der Waals surface area contributed by atoms with Crippen LogP contribution in [-0.2, 0) is 0 Å². The Morgan fingerprint density at radius 1 is 1.30 bits per heavy atom. The number of hydrogen-bond donors (Lipinski definition) is 1. The number of anilines is 1. The summed E-state index contributed by atoms with van der Waals surface area (Å²) in [6.45, 7) is 11.0. The van der Waals surface area contributed by atoms with Crippen molar-refractivity contribution in [3.05, 3.63) is 24.3 Å². The first-order valence-corrected chi connectivity index (χ1v) is 7.89. The largest absolute Gasteiger partial charge is 0.494 e. The van der Waals surface area contributed by atoms with Crippen LogP contribution in [0.4, 0.5) is 5.69 Å². The van der Waals surface area contributed by atoms with E-state index in [1.807, 2.05) is 13.0 Å². The molecule has 3 heteroatoms. The van der Waals surface area contributed by atoms with E-state index in [-0.39, 0.29) is 0 Å². The van der Waals surface area contributed by atoms with E-state index in [0.717, 1.165) is 18.3 Å². The fourth-order valence-corrected chi connectivity index (χ4v) is 2.85. The van der Waals surface area contributed by atoms with Gasteiger partial charge in [-0.2, -0.15) is 0 Å². The summed E-state index contributed by atoms with van der Waals surface area (Å²) >= 11 is 0. The predicted molar refractivity (Wildman–Crippen MR) is 85.5 cm³/mol. The van der Waals surface area contributed by atoms with Gasteiger partial charge in [0.15, 0.2) is 0 Å². The Balaban J connectivity index is 1.81. The van der Waals surface area contributed by atoms with Crippen molar-refractivity contribution in [3.8, 4) is 5.75 Å². The van der Waals surface area contributed by atoms with E-state index in [1.54, 1.807) is 0 Å². The van der Waals surface area contributed by atoms with Crippen LogP contribution in [0, 0.1) is 5.92 Å². The van der Waals surface area contributed by atoms with Gasteiger partial charge in [0, 0.05) is 37.4 Å². The zero-order valence-corrected chi connectivity index (χ0v) is 13.1. The van der Waals surface area contributed by atoms with Gasteiger partial charge >= 0.3 is 0 Å². The third kappa shape index (κ3) is 4.71. The maximum atomic E-state index is 5.55. The molecule has 0 aromatic heterocycles. The maximum absolute atomic E-state index is 5.55. The molecule has 0 amide bonds. The minimum atomic E-state index is 0.593. The standard InChI is InChI=1S/C17H28N2O/c1-4-20-17-7-5-6-16(12-17)18-15-8-10-19(11-9-15)13-14(2)3/h5-7,12,14-15,18H,4,8-11,13H2,1-3H3. The zero-order chi connectivity index (χ0) is 14.4. The van der Waals surface area contributed by atoms with E-state index in [9.17, 15) is 0 Å². The van der Waals surface area contributed by atoms with E-state index in [2.05, 4.69) is 42.3 Å². The third-order valence-corrected chi connectivity index (χ3v) is 3.73. The molecule has 0 radical (unpaired) electrons. The van der Waals surface area contributed by atoms with Gasteiger partial charge in [-0.15, -0.1) is 0 Å². The molecule has 1 aromatic carbocycles. The number of nitrogens with one attached hydrogen (secondary N) is 1. The van der Waals surface area contributed by atoms with E-state index in [1.165, 1.54) is 38.2 Å². The summed E-state index contributed by atoms with van der Waals surface area (Å²) in [5.41, 5.74) is 1.18. The Bertz CT molecular complexity index is 398. The van der Waals surface area contributed by atoms with Crippen molar-refractivity contribution in [1.29, 1.82) is 0 Å². The Morgan fingerprint density at radius 2 is 2.05 bits per heavy atom. The topological polar surface area (TPSA) is 24.5 Å². The number of ether oxygens (including phenoxy) is 1. The van der Waals surface area contributed by atoms with Gasteiger partial charge in [-0.25, -0.2) is 0 Å². The van der Waals surface area contributed by atoms with Gasteiger partial charge in [0.1, 0.15) is 5.75 Å². The lowest BCUT2D eigenvalue weighted by Gasteiger charge is -2.33. The van der Waals surface area contributed by atoms with Crippen LogP contribution in [0.25, 0.3) is 0 Å². The normalized spacial score (nSPS) is 17.4. The van der Waals surface area contributed by atoms with E-state index >= 15 is 0 Å². The molecule has 1 saturated heterocycles. The van der Waals surface area contributed by atoms with Crippen molar-refractivity contribution in [2.24, 2.45) is 5.92 Å². The van der Waals surface area contributed by atoms with Crippen LogP contribution in [0.2, 0.25) is 0 Å². The highest BCUT2D eigenvalue weighted by Crippen LogP contribution is 2.21. The summed E-state index contributed by atoms with van der Waals surface area (Å²) in [6, 6.07) is 8.89. The molecule has 1 N–H and O–H groups in total. The van der Waals surface area contributed by atoms with Crippen molar-refractivity contribution >= 4 is 5.69 Å². The molecule has 1 aromatic rings. The van der Waals surface area contributed by atoms with Crippen LogP contribution < -0.4 is 10.1 Å². The van der Waals surface area contributed by atoms with Gasteiger partial charge in [-0.1, -0.05) is 19.9 Å². The van der Waals surface area contributed by atoms with Gasteiger partial charge in [0.05, 0.1) is 6.61 Å². The lowest BCUT2D eigenvalue weighted by molar-refractivity contribution is 0.198. The van der Waals surface area contributed by atoms with Crippen molar-refractivity contribution in [3.63, 3.8) is 0 Å². The predicted octanol–water partition coefficient (Wildman–Crippen LogP) is 3.62. The summed E-state index contributed by atoms with van der Waals surface area (Å²) in [5, 5.41) is 3.65. The summed E-state index contributed by atoms with van der Waals surface area (Å²) in [4.78, 5) is 2.58. The number of hydrogen-bond acceptors (Lipinski definition) is 3. The zero-order valence-electron chi connectivity index (χ0n) is 13.1. The molecule has 0 saturated carbocycles. The average molecular weight is 276 g/mol. The fourth-order valence-electron chi connectivity index (χ4n) is 2.85. The summed E-state index contributed by atoms with van der Waals surface area (Å²) in [6.07, 6.45) is 2.46. The van der Waals surface area contributed by atoms with Gasteiger partial charge in [0.2, 0.25) is 0 Å². The van der Waals surface area contributed by atoms with E-state index in [0.29, 0.717) is 6.04 Å². The molecule has 0 atom stereocenters. The Kier molecular flexibility index (Phi) is 5.72. The van der Waals surface area contributed by atoms with Crippen LogP contribution in [0.5, 0.6) is 5.75 Å². The first kappa shape index (κ1) is 15.2. The number of rotatable bonds is 6. The molecule has 1 aliphatic heterocycles. The summed E-state index contributed by atoms with van der Waals surface area (Å²) in [5.74, 6) is 1.72. The second-order valence-electron chi connectivity index (χ2n) is 6.07. The van der Waals surface area contributed by atoms with Crippen molar-refractivity contribution < 1.29 is 4.74 Å². The van der Waals surface area contributed by atoms with Gasteiger partial charge in [-0.05, 0) is 37.8 Å². The van der Waals surface area contributed by atoms with Crippen LogP contribution in [-0.4, -0.2) is 37.2 Å². The SMILES string of the molecule is CCOc1cccc(NC2CCN(CC(C)C)CC2)c1. The number of likely N-dealkylation sites (tertiary alicyclic amines) is 1. The lowest BCUT2D eigenvalue weighted by Crippen LogP contribution is -2.40. The van der Waals surface area contributed by atoms with E-state index < -0.39 is 0 Å². The van der Waals surface area contributed by atoms with Gasteiger partial charge in [0.25, 0.3) is 0 Å². The van der Waals surface area contributed by atoms with Gasteiger partial charge in [-0.3, -0.25) is 0 Å². The Hall–Kier alpha value is -1.22. The molecular formula is C17H28N2O. The highest BCUT2D eigenvalue weighted by atomic mass is 16.5. The minimum absolute atomic E-state index is 0.593. The van der Waals surface area contributed by atoms with Gasteiger partial charge < -0.3 is 15.0 Å². The molecule has 20 heavy (non-hydrogen) atoms. The molecule has 112 valence electrons. The molecule has 1 fully saturated rings. The number of benzene rings is 1. The molecule has 1 heterocycles. The summed E-state index contributed by atoms with van der Waals surface area (Å²) < 4.78 is 5.55. The molecular weight excluding hydrogens is 248 g/mol. The quantitative estimate of drug-likeness (QED) is 0.859. The Labute approximate surface area is 123 Å². The summed E-state index contributed by atoms with van der Waals surface area (Å²) in [7, 11) is 0. The Morgan fingerprint density at radius 3 is 2.70 bits per heavy atom.